The predicted octanol–water partition coefficient (Wildman–Crippen LogP) is 4.59. The second-order valence-electron chi connectivity index (χ2n) is 8.00. The first-order valence-corrected chi connectivity index (χ1v) is 12.6. The summed E-state index contributed by atoms with van der Waals surface area (Å²) < 4.78 is 46.9. The molecule has 0 spiro atoms. The van der Waals surface area contributed by atoms with Crippen LogP contribution in [0.3, 0.4) is 0 Å². The van der Waals surface area contributed by atoms with Crippen molar-refractivity contribution in [1.29, 1.82) is 0 Å². The maximum atomic E-state index is 14.1. The third-order valence-corrected chi connectivity index (χ3v) is 7.68. The molecule has 0 amide bonds. The molecule has 4 aromatic rings. The van der Waals surface area contributed by atoms with Gasteiger partial charge in [0.1, 0.15) is 22.2 Å². The highest BCUT2D eigenvalue weighted by Gasteiger charge is 2.31. The van der Waals surface area contributed by atoms with E-state index >= 15 is 0 Å². The van der Waals surface area contributed by atoms with E-state index in [4.69, 9.17) is 4.74 Å². The van der Waals surface area contributed by atoms with Crippen LogP contribution in [0.4, 0.5) is 10.3 Å². The molecule has 0 saturated carbocycles. The summed E-state index contributed by atoms with van der Waals surface area (Å²) in [6.45, 7) is 1.24. The molecule has 35 heavy (non-hydrogen) atoms. The topological polar surface area (TPSA) is 75.6 Å². The molecule has 1 fully saturated rings. The quantitative estimate of drug-likeness (QED) is 0.394. The van der Waals surface area contributed by atoms with Gasteiger partial charge in [-0.1, -0.05) is 30.3 Å². The van der Waals surface area contributed by atoms with E-state index in [-0.39, 0.29) is 18.0 Å². The standard InChI is InChI=1S/C26H23FN4O3S/c27-23-8-4-5-9-25(23)35(32,33)31-18-16-30(17-19-31)26-28-15-14-24(29-26)20-10-12-22(13-11-20)34-21-6-2-1-3-7-21/h1-15H,16-19H2. The number of ether oxygens (including phenoxy) is 1. The number of hydrogen-bond acceptors (Lipinski definition) is 6. The largest absolute Gasteiger partial charge is 0.457 e. The van der Waals surface area contributed by atoms with E-state index in [9.17, 15) is 12.8 Å². The van der Waals surface area contributed by atoms with Gasteiger partial charge < -0.3 is 9.64 Å². The van der Waals surface area contributed by atoms with E-state index in [1.165, 1.54) is 22.5 Å². The average molecular weight is 491 g/mol. The Hall–Kier alpha value is -3.82. The lowest BCUT2D eigenvalue weighted by Crippen LogP contribution is -2.49. The lowest BCUT2D eigenvalue weighted by molar-refractivity contribution is 0.380. The molecular weight excluding hydrogens is 467 g/mol. The number of halogens is 1. The lowest BCUT2D eigenvalue weighted by Gasteiger charge is -2.34. The second-order valence-corrected chi connectivity index (χ2v) is 9.91. The molecule has 0 aliphatic carbocycles. The van der Waals surface area contributed by atoms with Crippen LogP contribution in [0.25, 0.3) is 11.3 Å². The van der Waals surface area contributed by atoms with E-state index in [2.05, 4.69) is 9.97 Å². The summed E-state index contributed by atoms with van der Waals surface area (Å²) >= 11 is 0. The fourth-order valence-electron chi connectivity index (χ4n) is 3.90. The molecule has 3 aromatic carbocycles. The van der Waals surface area contributed by atoms with Crippen LogP contribution in [-0.4, -0.2) is 48.9 Å². The number of hydrogen-bond donors (Lipinski definition) is 0. The first kappa shape index (κ1) is 22.9. The lowest BCUT2D eigenvalue weighted by atomic mass is 10.1. The zero-order valence-corrected chi connectivity index (χ0v) is 19.6. The summed E-state index contributed by atoms with van der Waals surface area (Å²) in [7, 11) is -3.90. The monoisotopic (exact) mass is 490 g/mol. The van der Waals surface area contributed by atoms with Crippen LogP contribution >= 0.6 is 0 Å². The van der Waals surface area contributed by atoms with Crippen molar-refractivity contribution in [3.8, 4) is 22.8 Å². The molecule has 1 aliphatic rings. The zero-order valence-electron chi connectivity index (χ0n) is 18.8. The minimum Gasteiger partial charge on any atom is -0.457 e. The predicted molar refractivity (Wildman–Crippen MR) is 131 cm³/mol. The smallest absolute Gasteiger partial charge is 0.246 e. The number of anilines is 1. The minimum absolute atomic E-state index is 0.218. The molecule has 2 heterocycles. The van der Waals surface area contributed by atoms with Gasteiger partial charge in [-0.15, -0.1) is 0 Å². The highest BCUT2D eigenvalue weighted by molar-refractivity contribution is 7.89. The zero-order chi connectivity index (χ0) is 24.3. The Bertz CT molecular complexity index is 1410. The van der Waals surface area contributed by atoms with Gasteiger partial charge in [-0.3, -0.25) is 0 Å². The van der Waals surface area contributed by atoms with Crippen molar-refractivity contribution < 1.29 is 17.5 Å². The van der Waals surface area contributed by atoms with Gasteiger partial charge in [0.15, 0.2) is 0 Å². The Labute approximate surface area is 203 Å². The van der Waals surface area contributed by atoms with Gasteiger partial charge in [-0.25, -0.2) is 22.8 Å². The molecule has 0 unspecified atom stereocenters. The molecule has 5 rings (SSSR count). The van der Waals surface area contributed by atoms with Crippen LogP contribution in [0.5, 0.6) is 11.5 Å². The normalized spacial score (nSPS) is 14.6. The number of piperazine rings is 1. The third kappa shape index (κ3) is 5.01. The Balaban J connectivity index is 1.26. The maximum Gasteiger partial charge on any atom is 0.246 e. The van der Waals surface area contributed by atoms with E-state index in [1.807, 2.05) is 65.6 Å². The summed E-state index contributed by atoms with van der Waals surface area (Å²) in [5.74, 6) is 1.27. The fourth-order valence-corrected chi connectivity index (χ4v) is 5.39. The molecule has 1 aromatic heterocycles. The second kappa shape index (κ2) is 9.81. The van der Waals surface area contributed by atoms with E-state index in [1.54, 1.807) is 6.20 Å². The van der Waals surface area contributed by atoms with Crippen LogP contribution in [-0.2, 0) is 10.0 Å². The minimum atomic E-state index is -3.90. The van der Waals surface area contributed by atoms with Gasteiger partial charge in [-0.2, -0.15) is 4.31 Å². The van der Waals surface area contributed by atoms with Crippen molar-refractivity contribution >= 4 is 16.0 Å². The van der Waals surface area contributed by atoms with E-state index < -0.39 is 15.8 Å². The van der Waals surface area contributed by atoms with Crippen LogP contribution in [0.1, 0.15) is 0 Å². The number of benzene rings is 3. The van der Waals surface area contributed by atoms with Crippen LogP contribution in [0, 0.1) is 5.82 Å². The van der Waals surface area contributed by atoms with Crippen molar-refractivity contribution in [1.82, 2.24) is 14.3 Å². The van der Waals surface area contributed by atoms with Crippen LogP contribution in [0.2, 0.25) is 0 Å². The van der Waals surface area contributed by atoms with Gasteiger partial charge in [0.25, 0.3) is 0 Å². The summed E-state index contributed by atoms with van der Waals surface area (Å²) in [5, 5.41) is 0. The molecule has 0 bridgehead atoms. The Morgan fingerprint density at radius 2 is 1.43 bits per heavy atom. The Kier molecular flexibility index (Phi) is 6.43. The van der Waals surface area contributed by atoms with E-state index in [0.717, 1.165) is 28.8 Å². The number of nitrogens with zero attached hydrogens (tertiary/aromatic N) is 4. The average Bonchev–Trinajstić information content (AvgIpc) is 2.90. The highest BCUT2D eigenvalue weighted by atomic mass is 32.2. The van der Waals surface area contributed by atoms with Gasteiger partial charge in [0.05, 0.1) is 5.69 Å². The van der Waals surface area contributed by atoms with Crippen molar-refractivity contribution in [2.75, 3.05) is 31.1 Å². The summed E-state index contributed by atoms with van der Waals surface area (Å²) in [6, 6.07) is 24.5. The number of para-hydroxylation sites is 1. The van der Waals surface area contributed by atoms with Crippen molar-refractivity contribution in [3.05, 3.63) is 96.9 Å². The van der Waals surface area contributed by atoms with Crippen LogP contribution in [0.15, 0.2) is 96.0 Å². The molecule has 7 nitrogen and oxygen atoms in total. The molecule has 1 aliphatic heterocycles. The van der Waals surface area contributed by atoms with Gasteiger partial charge >= 0.3 is 0 Å². The van der Waals surface area contributed by atoms with Crippen molar-refractivity contribution in [2.24, 2.45) is 0 Å². The Morgan fingerprint density at radius 1 is 0.771 bits per heavy atom. The number of rotatable bonds is 6. The fraction of sp³-hybridized carbons (Fsp3) is 0.154. The molecule has 1 saturated heterocycles. The van der Waals surface area contributed by atoms with Gasteiger partial charge in [0, 0.05) is 37.9 Å². The maximum absolute atomic E-state index is 14.1. The molecule has 0 atom stereocenters. The first-order valence-electron chi connectivity index (χ1n) is 11.2. The van der Waals surface area contributed by atoms with Gasteiger partial charge in [-0.05, 0) is 54.6 Å². The first-order chi connectivity index (χ1) is 17.0. The number of sulfonamides is 1. The molecular formula is C26H23FN4O3S. The summed E-state index contributed by atoms with van der Waals surface area (Å²) in [4.78, 5) is 10.7. The summed E-state index contributed by atoms with van der Waals surface area (Å²) in [5.41, 5.74) is 1.66. The van der Waals surface area contributed by atoms with Gasteiger partial charge in [0.2, 0.25) is 16.0 Å². The van der Waals surface area contributed by atoms with Crippen LogP contribution < -0.4 is 9.64 Å². The third-order valence-electron chi connectivity index (χ3n) is 5.75. The summed E-state index contributed by atoms with van der Waals surface area (Å²) in [6.07, 6.45) is 1.69. The highest BCUT2D eigenvalue weighted by Crippen LogP contribution is 2.26. The molecule has 0 N–H and O–H groups in total. The SMILES string of the molecule is O=S(=O)(c1ccccc1F)N1CCN(c2nccc(-c3ccc(Oc4ccccc4)cc3)n2)CC1. The molecule has 9 heteroatoms. The van der Waals surface area contributed by atoms with Crippen molar-refractivity contribution in [2.45, 2.75) is 4.90 Å². The number of aromatic nitrogens is 2. The Morgan fingerprint density at radius 3 is 2.14 bits per heavy atom. The molecule has 0 radical (unpaired) electrons. The van der Waals surface area contributed by atoms with Crippen molar-refractivity contribution in [3.63, 3.8) is 0 Å². The van der Waals surface area contributed by atoms with E-state index in [0.29, 0.717) is 19.0 Å². The molecule has 178 valence electrons.